The van der Waals surface area contributed by atoms with Gasteiger partial charge in [0.1, 0.15) is 0 Å². The molecule has 0 fully saturated rings. The fourth-order valence-electron chi connectivity index (χ4n) is 11.2. The quantitative estimate of drug-likeness (QED) is 0.0320. The summed E-state index contributed by atoms with van der Waals surface area (Å²) in [6, 6.07) is -0.637. The summed E-state index contributed by atoms with van der Waals surface area (Å²) in [4.78, 5) is 24.6. The van der Waals surface area contributed by atoms with Crippen molar-refractivity contribution in [2.75, 3.05) is 13.2 Å². The van der Waals surface area contributed by atoms with Crippen LogP contribution in [0.5, 0.6) is 0 Å². The Balaban J connectivity index is 3.46. The summed E-state index contributed by atoms with van der Waals surface area (Å²) in [7, 11) is 0. The molecule has 0 aromatic carbocycles. The lowest BCUT2D eigenvalue weighted by molar-refractivity contribution is -0.143. The van der Waals surface area contributed by atoms with Gasteiger partial charge in [0.05, 0.1) is 25.4 Å². The zero-order chi connectivity index (χ0) is 57.1. The van der Waals surface area contributed by atoms with Crippen LogP contribution in [0.2, 0.25) is 0 Å². The maximum absolute atomic E-state index is 12.5. The van der Waals surface area contributed by atoms with E-state index in [1.165, 1.54) is 308 Å². The van der Waals surface area contributed by atoms with Crippen molar-refractivity contribution in [1.82, 2.24) is 5.32 Å². The molecule has 0 saturated heterocycles. The molecule has 0 aliphatic heterocycles. The summed E-state index contributed by atoms with van der Waals surface area (Å²) in [5.74, 6) is -0.0640. The molecular weight excluding hydrogens is 971 g/mol. The monoisotopic (exact) mass is 1110 g/mol. The Morgan fingerprint density at radius 2 is 0.633 bits per heavy atom. The standard InChI is InChI=1S/C73H139NO5/c1-3-5-7-9-11-13-15-17-19-21-22-23-25-28-31-34-37-41-45-49-53-57-61-65-71(76)70(69-75)74-72(77)66-62-58-54-50-46-42-38-35-32-29-26-24-27-30-33-36-40-44-48-52-56-60-64-68-79-73(78)67-63-59-55-51-47-43-39-20-18-16-14-12-10-8-6-4-2/h24,27,29,32,61,65,70-71,75-76H,3-23,25-26,28,30-31,33-60,62-64,66-69H2,1-2H3,(H,74,77)/b27-24-,32-29-,65-61+. The van der Waals surface area contributed by atoms with Crippen LogP contribution in [-0.2, 0) is 14.3 Å². The summed E-state index contributed by atoms with van der Waals surface area (Å²) < 4.78 is 5.50. The van der Waals surface area contributed by atoms with Crippen LogP contribution in [0.3, 0.4) is 0 Å². The number of carbonyl (C=O) groups excluding carboxylic acids is 2. The minimum absolute atomic E-state index is 0.0106. The number of rotatable bonds is 67. The SMILES string of the molecule is CCCCCCCCCCCCCCCCCCCCCCC/C=C/C(O)C(CO)NC(=O)CCCCCCCCC/C=C\C/C=C\CCCCCCCCCCCOC(=O)CCCCCCCCCCCCCCCCCC. The van der Waals surface area contributed by atoms with E-state index in [0.29, 0.717) is 19.4 Å². The number of esters is 1. The molecule has 0 spiro atoms. The number of ether oxygens (including phenoxy) is 1. The molecule has 79 heavy (non-hydrogen) atoms. The van der Waals surface area contributed by atoms with Crippen molar-refractivity contribution >= 4 is 11.9 Å². The summed E-state index contributed by atoms with van der Waals surface area (Å²) in [5, 5.41) is 23.3. The molecule has 466 valence electrons. The van der Waals surface area contributed by atoms with Gasteiger partial charge in [-0.05, 0) is 64.2 Å². The lowest BCUT2D eigenvalue weighted by Crippen LogP contribution is -2.45. The highest BCUT2D eigenvalue weighted by molar-refractivity contribution is 5.76. The van der Waals surface area contributed by atoms with Crippen LogP contribution in [0.4, 0.5) is 0 Å². The molecule has 3 N–H and O–H groups in total. The molecule has 0 aliphatic rings. The third-order valence-corrected chi connectivity index (χ3v) is 16.7. The molecule has 0 bridgehead atoms. The number of aliphatic hydroxyl groups excluding tert-OH is 2. The van der Waals surface area contributed by atoms with E-state index in [9.17, 15) is 19.8 Å². The number of carbonyl (C=O) groups is 2. The highest BCUT2D eigenvalue weighted by atomic mass is 16.5. The van der Waals surface area contributed by atoms with Gasteiger partial charge in [-0.25, -0.2) is 0 Å². The Morgan fingerprint density at radius 1 is 0.354 bits per heavy atom. The van der Waals surface area contributed by atoms with Crippen molar-refractivity contribution in [1.29, 1.82) is 0 Å². The minimum atomic E-state index is -0.853. The molecule has 2 unspecified atom stereocenters. The second-order valence-corrected chi connectivity index (χ2v) is 24.6. The lowest BCUT2D eigenvalue weighted by atomic mass is 10.0. The Hall–Kier alpha value is -1.92. The number of hydrogen-bond donors (Lipinski definition) is 3. The minimum Gasteiger partial charge on any atom is -0.466 e. The van der Waals surface area contributed by atoms with Crippen LogP contribution in [0.15, 0.2) is 36.5 Å². The van der Waals surface area contributed by atoms with Gasteiger partial charge in [0.25, 0.3) is 0 Å². The zero-order valence-corrected chi connectivity index (χ0v) is 53.4. The molecule has 1 amide bonds. The first-order valence-corrected chi connectivity index (χ1v) is 35.8. The molecule has 0 radical (unpaired) electrons. The van der Waals surface area contributed by atoms with Crippen molar-refractivity contribution in [3.63, 3.8) is 0 Å². The van der Waals surface area contributed by atoms with E-state index in [2.05, 4.69) is 43.5 Å². The van der Waals surface area contributed by atoms with E-state index >= 15 is 0 Å². The molecule has 0 heterocycles. The highest BCUT2D eigenvalue weighted by Crippen LogP contribution is 2.18. The Morgan fingerprint density at radius 3 is 0.962 bits per heavy atom. The van der Waals surface area contributed by atoms with Crippen molar-refractivity contribution in [3.05, 3.63) is 36.5 Å². The van der Waals surface area contributed by atoms with Gasteiger partial charge in [0.2, 0.25) is 5.91 Å². The molecule has 0 aromatic rings. The van der Waals surface area contributed by atoms with E-state index in [1.807, 2.05) is 6.08 Å². The fourth-order valence-corrected chi connectivity index (χ4v) is 11.2. The highest BCUT2D eigenvalue weighted by Gasteiger charge is 2.18. The summed E-state index contributed by atoms with van der Waals surface area (Å²) in [6.45, 7) is 4.93. The first kappa shape index (κ1) is 77.1. The van der Waals surface area contributed by atoms with Crippen molar-refractivity contribution in [2.45, 2.75) is 405 Å². The van der Waals surface area contributed by atoms with Gasteiger partial charge in [-0.15, -0.1) is 0 Å². The lowest BCUT2D eigenvalue weighted by Gasteiger charge is -2.20. The maximum atomic E-state index is 12.5. The largest absolute Gasteiger partial charge is 0.466 e. The Bertz CT molecular complexity index is 1280. The van der Waals surface area contributed by atoms with Gasteiger partial charge in [0, 0.05) is 12.8 Å². The number of nitrogens with one attached hydrogen (secondary N) is 1. The second-order valence-electron chi connectivity index (χ2n) is 24.6. The second kappa shape index (κ2) is 68.6. The average molecular weight is 1110 g/mol. The normalized spacial score (nSPS) is 12.7. The number of allylic oxidation sites excluding steroid dienone is 5. The molecule has 2 atom stereocenters. The summed E-state index contributed by atoms with van der Waals surface area (Å²) in [5.41, 5.74) is 0. The molecule has 0 saturated carbocycles. The first-order chi connectivity index (χ1) is 39.0. The average Bonchev–Trinajstić information content (AvgIpc) is 3.45. The topological polar surface area (TPSA) is 95.9 Å². The van der Waals surface area contributed by atoms with Crippen LogP contribution in [-0.4, -0.2) is 47.4 Å². The molecule has 0 aromatic heterocycles. The van der Waals surface area contributed by atoms with E-state index < -0.39 is 12.1 Å². The maximum Gasteiger partial charge on any atom is 0.305 e. The van der Waals surface area contributed by atoms with Crippen LogP contribution >= 0.6 is 0 Å². The summed E-state index contributed by atoms with van der Waals surface area (Å²) >= 11 is 0. The number of amides is 1. The molecular formula is C73H139NO5. The fraction of sp³-hybridized carbons (Fsp3) is 0.890. The molecule has 0 aliphatic carbocycles. The van der Waals surface area contributed by atoms with Gasteiger partial charge in [-0.3, -0.25) is 9.59 Å². The third kappa shape index (κ3) is 65.1. The van der Waals surface area contributed by atoms with E-state index in [4.69, 9.17) is 4.74 Å². The number of aliphatic hydroxyl groups is 2. The first-order valence-electron chi connectivity index (χ1n) is 35.8. The predicted octanol–water partition coefficient (Wildman–Crippen LogP) is 23.1. The van der Waals surface area contributed by atoms with Gasteiger partial charge < -0.3 is 20.3 Å². The van der Waals surface area contributed by atoms with Crippen molar-refractivity contribution in [3.8, 4) is 0 Å². The zero-order valence-electron chi connectivity index (χ0n) is 53.4. The number of unbranched alkanes of at least 4 members (excludes halogenated alkanes) is 52. The van der Waals surface area contributed by atoms with Crippen molar-refractivity contribution in [2.24, 2.45) is 0 Å². The number of hydrogen-bond acceptors (Lipinski definition) is 5. The van der Waals surface area contributed by atoms with Gasteiger partial charge in [0.15, 0.2) is 0 Å². The van der Waals surface area contributed by atoms with Crippen LogP contribution in [0.25, 0.3) is 0 Å². The van der Waals surface area contributed by atoms with Gasteiger partial charge >= 0.3 is 5.97 Å². The Labute approximate surface area is 494 Å². The van der Waals surface area contributed by atoms with E-state index in [0.717, 1.165) is 57.8 Å². The molecule has 6 nitrogen and oxygen atoms in total. The smallest absolute Gasteiger partial charge is 0.305 e. The van der Waals surface area contributed by atoms with Gasteiger partial charge in [-0.2, -0.15) is 0 Å². The van der Waals surface area contributed by atoms with Crippen LogP contribution < -0.4 is 5.32 Å². The molecule has 6 heteroatoms. The van der Waals surface area contributed by atoms with Crippen molar-refractivity contribution < 1.29 is 24.5 Å². The van der Waals surface area contributed by atoms with Crippen LogP contribution in [0.1, 0.15) is 393 Å². The van der Waals surface area contributed by atoms with Gasteiger partial charge in [-0.1, -0.05) is 352 Å². The van der Waals surface area contributed by atoms with E-state index in [1.54, 1.807) is 6.08 Å². The third-order valence-electron chi connectivity index (χ3n) is 16.7. The summed E-state index contributed by atoms with van der Waals surface area (Å²) in [6.07, 6.45) is 87.9. The Kier molecular flexibility index (Phi) is 66.9. The molecule has 0 rings (SSSR count). The van der Waals surface area contributed by atoms with E-state index in [-0.39, 0.29) is 18.5 Å². The van der Waals surface area contributed by atoms with Crippen LogP contribution in [0, 0.1) is 0 Å². The predicted molar refractivity (Wildman–Crippen MR) is 347 cm³/mol.